The molecule has 0 aliphatic heterocycles. The summed E-state index contributed by atoms with van der Waals surface area (Å²) in [6.07, 6.45) is 0.828. The number of hydrogen-bond donors (Lipinski definition) is 1. The average molecular weight is 505 g/mol. The van der Waals surface area contributed by atoms with Crippen LogP contribution in [0.4, 0.5) is 10.5 Å². The number of urea groups is 1. The van der Waals surface area contributed by atoms with Gasteiger partial charge in [-0.1, -0.05) is 124 Å². The third kappa shape index (κ3) is 6.92. The molecular weight excluding hydrogens is 464 g/mol. The number of carbonyl (C=O) groups excluding carboxylic acids is 1. The summed E-state index contributed by atoms with van der Waals surface area (Å²) in [4.78, 5) is 15.7. The molecule has 0 saturated carbocycles. The third-order valence-electron chi connectivity index (χ3n) is 7.29. The minimum atomic E-state index is -0.0674. The van der Waals surface area contributed by atoms with Crippen LogP contribution >= 0.6 is 0 Å². The van der Waals surface area contributed by atoms with Gasteiger partial charge in [0.2, 0.25) is 0 Å². The van der Waals surface area contributed by atoms with Gasteiger partial charge in [-0.3, -0.25) is 0 Å². The lowest BCUT2D eigenvalue weighted by Gasteiger charge is -2.27. The average Bonchev–Trinajstić information content (AvgIpc) is 2.91. The van der Waals surface area contributed by atoms with Crippen LogP contribution in [0.25, 0.3) is 0 Å². The van der Waals surface area contributed by atoms with Crippen molar-refractivity contribution in [2.75, 3.05) is 11.9 Å². The molecule has 0 radical (unpaired) electrons. The van der Waals surface area contributed by atoms with E-state index in [9.17, 15) is 4.79 Å². The van der Waals surface area contributed by atoms with Gasteiger partial charge in [-0.25, -0.2) is 4.79 Å². The first-order valence-corrected chi connectivity index (χ1v) is 13.5. The molecule has 4 aromatic rings. The molecule has 0 bridgehead atoms. The summed E-state index contributed by atoms with van der Waals surface area (Å²) in [6, 6.07) is 35.9. The molecular formula is C35H40N2O. The molecule has 4 aromatic carbocycles. The Bertz CT molecular complexity index is 1260. The molecule has 3 heteroatoms. The molecule has 196 valence electrons. The molecule has 0 aromatic heterocycles. The SMILES string of the molecule is Cc1cccc(C)c1NC(=O)N(CCC(c1ccccc1)c1ccccc1)Cc1ccc(C(C)(C)C)cc1. The van der Waals surface area contributed by atoms with Crippen LogP contribution < -0.4 is 5.32 Å². The Hall–Kier alpha value is -3.85. The van der Waals surface area contributed by atoms with Crippen molar-refractivity contribution < 1.29 is 4.79 Å². The highest BCUT2D eigenvalue weighted by molar-refractivity contribution is 5.91. The fraction of sp³-hybridized carbons (Fsp3) is 0.286. The van der Waals surface area contributed by atoms with Crippen LogP contribution in [0.5, 0.6) is 0 Å². The molecule has 0 aliphatic carbocycles. The fourth-order valence-corrected chi connectivity index (χ4v) is 4.96. The second-order valence-corrected chi connectivity index (χ2v) is 11.2. The van der Waals surface area contributed by atoms with E-state index in [0.29, 0.717) is 13.1 Å². The number of nitrogens with zero attached hydrogens (tertiary/aromatic N) is 1. The lowest BCUT2D eigenvalue weighted by Crippen LogP contribution is -2.36. The van der Waals surface area contributed by atoms with Crippen molar-refractivity contribution in [2.45, 2.75) is 58.9 Å². The van der Waals surface area contributed by atoms with Crippen molar-refractivity contribution in [3.05, 3.63) is 137 Å². The van der Waals surface area contributed by atoms with E-state index in [0.717, 1.165) is 28.8 Å². The molecule has 3 nitrogen and oxygen atoms in total. The number of benzene rings is 4. The van der Waals surface area contributed by atoms with Crippen LogP contribution in [0, 0.1) is 13.8 Å². The zero-order chi connectivity index (χ0) is 27.1. The highest BCUT2D eigenvalue weighted by Crippen LogP contribution is 2.29. The molecule has 38 heavy (non-hydrogen) atoms. The van der Waals surface area contributed by atoms with Gasteiger partial charge >= 0.3 is 6.03 Å². The second-order valence-electron chi connectivity index (χ2n) is 11.2. The van der Waals surface area contributed by atoms with E-state index < -0.39 is 0 Å². The van der Waals surface area contributed by atoms with Gasteiger partial charge in [0.05, 0.1) is 0 Å². The van der Waals surface area contributed by atoms with E-state index in [1.807, 2.05) is 36.9 Å². The molecule has 0 spiro atoms. The number of para-hydroxylation sites is 1. The van der Waals surface area contributed by atoms with Crippen molar-refractivity contribution >= 4 is 11.7 Å². The maximum absolute atomic E-state index is 13.7. The van der Waals surface area contributed by atoms with Gasteiger partial charge < -0.3 is 10.2 Å². The highest BCUT2D eigenvalue weighted by atomic mass is 16.2. The Labute approximate surface area is 228 Å². The monoisotopic (exact) mass is 504 g/mol. The maximum Gasteiger partial charge on any atom is 0.322 e. The first kappa shape index (κ1) is 27.2. The normalized spacial score (nSPS) is 11.4. The largest absolute Gasteiger partial charge is 0.322 e. The summed E-state index contributed by atoms with van der Waals surface area (Å²) >= 11 is 0. The smallest absolute Gasteiger partial charge is 0.320 e. The van der Waals surface area contributed by atoms with Crippen molar-refractivity contribution in [1.82, 2.24) is 4.90 Å². The number of nitrogens with one attached hydrogen (secondary N) is 1. The minimum Gasteiger partial charge on any atom is -0.320 e. The molecule has 1 N–H and O–H groups in total. The maximum atomic E-state index is 13.7. The lowest BCUT2D eigenvalue weighted by atomic mass is 9.86. The Morgan fingerprint density at radius 2 is 1.26 bits per heavy atom. The number of hydrogen-bond acceptors (Lipinski definition) is 1. The van der Waals surface area contributed by atoms with Crippen LogP contribution in [0.2, 0.25) is 0 Å². The van der Waals surface area contributed by atoms with E-state index in [-0.39, 0.29) is 17.4 Å². The number of carbonyl (C=O) groups is 1. The standard InChI is InChI=1S/C35H40N2O/c1-26-13-12-14-27(2)33(26)36-34(38)37(25-28-19-21-31(22-20-28)35(3,4)5)24-23-32(29-15-8-6-9-16-29)30-17-10-7-11-18-30/h6-22,32H,23-25H2,1-5H3,(H,36,38). The predicted octanol–water partition coefficient (Wildman–Crippen LogP) is 8.86. The zero-order valence-corrected chi connectivity index (χ0v) is 23.4. The zero-order valence-electron chi connectivity index (χ0n) is 23.4. The van der Waals surface area contributed by atoms with Gasteiger partial charge in [0, 0.05) is 24.7 Å². The van der Waals surface area contributed by atoms with Gasteiger partial charge in [-0.15, -0.1) is 0 Å². The summed E-state index contributed by atoms with van der Waals surface area (Å²) in [5.74, 6) is 0.205. The van der Waals surface area contributed by atoms with Gasteiger partial charge in [-0.05, 0) is 59.1 Å². The van der Waals surface area contributed by atoms with E-state index in [1.54, 1.807) is 0 Å². The summed E-state index contributed by atoms with van der Waals surface area (Å²) in [7, 11) is 0. The van der Waals surface area contributed by atoms with Crippen LogP contribution in [-0.4, -0.2) is 17.5 Å². The number of rotatable bonds is 8. The van der Waals surface area contributed by atoms with E-state index in [1.165, 1.54) is 16.7 Å². The van der Waals surface area contributed by atoms with Crippen LogP contribution in [-0.2, 0) is 12.0 Å². The topological polar surface area (TPSA) is 32.3 Å². The first-order valence-electron chi connectivity index (χ1n) is 13.5. The molecule has 0 atom stereocenters. The summed E-state index contributed by atoms with van der Waals surface area (Å²) in [6.45, 7) is 11.9. The Kier molecular flexibility index (Phi) is 8.68. The number of anilines is 1. The quantitative estimate of drug-likeness (QED) is 0.255. The van der Waals surface area contributed by atoms with Crippen LogP contribution in [0.1, 0.15) is 66.5 Å². The first-order chi connectivity index (χ1) is 18.2. The van der Waals surface area contributed by atoms with Gasteiger partial charge in [0.15, 0.2) is 0 Å². The van der Waals surface area contributed by atoms with Crippen LogP contribution in [0.3, 0.4) is 0 Å². The number of amides is 2. The highest BCUT2D eigenvalue weighted by Gasteiger charge is 2.21. The Balaban J connectivity index is 1.60. The van der Waals surface area contributed by atoms with Gasteiger partial charge in [0.1, 0.15) is 0 Å². The molecule has 0 heterocycles. The van der Waals surface area contributed by atoms with Crippen LogP contribution in [0.15, 0.2) is 103 Å². The van der Waals surface area contributed by atoms with Gasteiger partial charge in [-0.2, -0.15) is 0 Å². The molecule has 0 unspecified atom stereocenters. The summed E-state index contributed by atoms with van der Waals surface area (Å²) in [5.41, 5.74) is 8.08. The van der Waals surface area contributed by atoms with Gasteiger partial charge in [0.25, 0.3) is 0 Å². The molecule has 4 rings (SSSR count). The Morgan fingerprint density at radius 3 is 1.76 bits per heavy atom. The van der Waals surface area contributed by atoms with Crippen molar-refractivity contribution in [3.8, 4) is 0 Å². The van der Waals surface area contributed by atoms with Crippen molar-refractivity contribution in [2.24, 2.45) is 0 Å². The molecule has 0 aliphatic rings. The fourth-order valence-electron chi connectivity index (χ4n) is 4.96. The third-order valence-corrected chi connectivity index (χ3v) is 7.29. The summed E-state index contributed by atoms with van der Waals surface area (Å²) < 4.78 is 0. The molecule has 0 saturated heterocycles. The Morgan fingerprint density at radius 1 is 0.737 bits per heavy atom. The van der Waals surface area contributed by atoms with Crippen molar-refractivity contribution in [3.63, 3.8) is 0 Å². The second kappa shape index (κ2) is 12.1. The molecule has 0 fully saturated rings. The van der Waals surface area contributed by atoms with E-state index in [2.05, 4.69) is 111 Å². The van der Waals surface area contributed by atoms with E-state index >= 15 is 0 Å². The van der Waals surface area contributed by atoms with E-state index in [4.69, 9.17) is 0 Å². The molecule has 2 amide bonds. The predicted molar refractivity (Wildman–Crippen MR) is 160 cm³/mol. The van der Waals surface area contributed by atoms with Crippen molar-refractivity contribution in [1.29, 1.82) is 0 Å². The summed E-state index contributed by atoms with van der Waals surface area (Å²) in [5, 5.41) is 3.22. The lowest BCUT2D eigenvalue weighted by molar-refractivity contribution is 0.207. The minimum absolute atomic E-state index is 0.0674. The number of aryl methyl sites for hydroxylation is 2.